The van der Waals surface area contributed by atoms with Crippen LogP contribution >= 0.6 is 12.0 Å². The van der Waals surface area contributed by atoms with Gasteiger partial charge in [-0.3, -0.25) is 24.0 Å². The zero-order valence-corrected chi connectivity index (χ0v) is 23.7. The van der Waals surface area contributed by atoms with E-state index in [1.54, 1.807) is 27.7 Å². The van der Waals surface area contributed by atoms with E-state index >= 15 is 0 Å². The van der Waals surface area contributed by atoms with Crippen molar-refractivity contribution in [3.8, 4) is 0 Å². The van der Waals surface area contributed by atoms with Crippen LogP contribution in [0.1, 0.15) is 67.2 Å². The highest BCUT2D eigenvalue weighted by Gasteiger charge is 2.33. The fourth-order valence-corrected chi connectivity index (χ4v) is 3.54. The SMILES string of the molecule is CCCCSOC(C)C(NC(=O)OC(C)(C)C)C(=O)N[C@@H](CCC(N)=O)C(=O)NCC(=O)NC(C)C(N)=O. The molecule has 14 nitrogen and oxygen atoms in total. The zero-order valence-electron chi connectivity index (χ0n) is 22.9. The lowest BCUT2D eigenvalue weighted by Gasteiger charge is -2.28. The van der Waals surface area contributed by atoms with E-state index in [0.29, 0.717) is 5.75 Å². The van der Waals surface area contributed by atoms with Gasteiger partial charge in [-0.2, -0.15) is 0 Å². The van der Waals surface area contributed by atoms with Crippen LogP contribution in [-0.2, 0) is 32.9 Å². The van der Waals surface area contributed by atoms with Crippen molar-refractivity contribution in [2.75, 3.05) is 12.3 Å². The molecule has 0 saturated heterocycles. The number of amides is 6. The van der Waals surface area contributed by atoms with E-state index in [-0.39, 0.29) is 12.8 Å². The van der Waals surface area contributed by atoms with Crippen LogP contribution in [0, 0.1) is 0 Å². The third-order valence-corrected chi connectivity index (χ3v) is 5.66. The minimum absolute atomic E-state index is 0.175. The normalized spacial score (nSPS) is 14.3. The topological polar surface area (TPSA) is 221 Å². The Morgan fingerprint density at radius 2 is 1.58 bits per heavy atom. The molecule has 0 fully saturated rings. The van der Waals surface area contributed by atoms with Crippen LogP contribution in [-0.4, -0.2) is 77.8 Å². The van der Waals surface area contributed by atoms with E-state index in [1.807, 2.05) is 6.92 Å². The smallest absolute Gasteiger partial charge is 0.408 e. The molecular formula is C23H42N6O8S. The molecule has 0 bridgehead atoms. The van der Waals surface area contributed by atoms with Crippen molar-refractivity contribution in [3.63, 3.8) is 0 Å². The summed E-state index contributed by atoms with van der Waals surface area (Å²) in [5.74, 6) is -3.07. The van der Waals surface area contributed by atoms with Gasteiger partial charge in [0.15, 0.2) is 0 Å². The lowest BCUT2D eigenvalue weighted by atomic mass is 10.1. The standard InChI is InChI=1S/C23H42N6O8S/c1-7-8-11-38-37-14(3)18(29-22(35)36-23(4,5)6)21(34)28-15(9-10-16(24)30)20(33)26-12-17(31)27-13(2)19(25)32/h13-15,18H,7-12H2,1-6H3,(H2,24,30)(H2,25,32)(H,26,33)(H,27,31)(H,28,34)(H,29,35)/t13?,14?,15-,18?/m0/s1. The predicted octanol–water partition coefficient (Wildman–Crippen LogP) is -0.410. The van der Waals surface area contributed by atoms with Crippen LogP contribution in [0.3, 0.4) is 0 Å². The van der Waals surface area contributed by atoms with E-state index < -0.39 is 72.0 Å². The second kappa shape index (κ2) is 17.4. The van der Waals surface area contributed by atoms with Gasteiger partial charge in [0.1, 0.15) is 23.7 Å². The van der Waals surface area contributed by atoms with Crippen LogP contribution in [0.2, 0.25) is 0 Å². The number of alkyl carbamates (subject to hydrolysis) is 1. The quantitative estimate of drug-likeness (QED) is 0.1000. The zero-order chi connectivity index (χ0) is 29.5. The highest BCUT2D eigenvalue weighted by molar-refractivity contribution is 7.94. The Kier molecular flexibility index (Phi) is 16.0. The van der Waals surface area contributed by atoms with Crippen LogP contribution in [0.5, 0.6) is 0 Å². The minimum Gasteiger partial charge on any atom is -0.444 e. The molecule has 0 spiro atoms. The third-order valence-electron chi connectivity index (χ3n) is 4.77. The number of nitrogens with two attached hydrogens (primary N) is 2. The first-order valence-corrected chi connectivity index (χ1v) is 13.2. The summed E-state index contributed by atoms with van der Waals surface area (Å²) in [6.45, 7) is 9.42. The van der Waals surface area contributed by atoms with Gasteiger partial charge < -0.3 is 41.7 Å². The van der Waals surface area contributed by atoms with Crippen molar-refractivity contribution in [2.45, 2.75) is 97.1 Å². The molecule has 4 atom stereocenters. The summed E-state index contributed by atoms with van der Waals surface area (Å²) in [7, 11) is 0. The van der Waals surface area contributed by atoms with Gasteiger partial charge in [-0.25, -0.2) is 4.79 Å². The van der Waals surface area contributed by atoms with Gasteiger partial charge in [-0.15, -0.1) is 0 Å². The number of hydrogen-bond donors (Lipinski definition) is 6. The maximum Gasteiger partial charge on any atom is 0.408 e. The molecule has 0 saturated carbocycles. The molecule has 8 N–H and O–H groups in total. The second-order valence-corrected chi connectivity index (χ2v) is 10.4. The number of hydrogen-bond acceptors (Lipinski definition) is 9. The summed E-state index contributed by atoms with van der Waals surface area (Å²) in [6, 6.07) is -3.50. The fraction of sp³-hybridized carbons (Fsp3) is 0.739. The van der Waals surface area contributed by atoms with Gasteiger partial charge in [0.05, 0.1) is 12.6 Å². The summed E-state index contributed by atoms with van der Waals surface area (Å²) in [4.78, 5) is 72.8. The molecule has 0 heterocycles. The molecule has 0 aliphatic rings. The maximum atomic E-state index is 13.2. The van der Waals surface area contributed by atoms with Crippen LogP contribution in [0.4, 0.5) is 4.79 Å². The molecule has 0 aromatic carbocycles. The van der Waals surface area contributed by atoms with E-state index in [1.165, 1.54) is 6.92 Å². The van der Waals surface area contributed by atoms with Crippen molar-refractivity contribution in [3.05, 3.63) is 0 Å². The largest absolute Gasteiger partial charge is 0.444 e. The molecule has 218 valence electrons. The highest BCUT2D eigenvalue weighted by atomic mass is 32.2. The number of ether oxygens (including phenoxy) is 1. The molecule has 6 amide bonds. The summed E-state index contributed by atoms with van der Waals surface area (Å²) in [5, 5.41) is 9.57. The average Bonchev–Trinajstić information content (AvgIpc) is 2.79. The molecule has 15 heteroatoms. The van der Waals surface area contributed by atoms with E-state index in [4.69, 9.17) is 20.4 Å². The molecule has 0 aromatic rings. The van der Waals surface area contributed by atoms with Gasteiger partial charge in [-0.05, 0) is 59.5 Å². The molecule has 3 unspecified atom stereocenters. The van der Waals surface area contributed by atoms with Crippen LogP contribution in [0.15, 0.2) is 0 Å². The first-order chi connectivity index (χ1) is 17.6. The van der Waals surface area contributed by atoms with Gasteiger partial charge in [0, 0.05) is 12.2 Å². The van der Waals surface area contributed by atoms with Gasteiger partial charge >= 0.3 is 6.09 Å². The summed E-state index contributed by atoms with van der Waals surface area (Å²) in [6.07, 6.45) is -0.288. The van der Waals surface area contributed by atoms with Crippen molar-refractivity contribution in [2.24, 2.45) is 11.5 Å². The fourth-order valence-electron chi connectivity index (χ4n) is 2.72. The minimum atomic E-state index is -1.28. The number of primary amides is 2. The Labute approximate surface area is 227 Å². The van der Waals surface area contributed by atoms with Gasteiger partial charge in [0.25, 0.3) is 0 Å². The average molecular weight is 563 g/mol. The van der Waals surface area contributed by atoms with E-state index in [0.717, 1.165) is 24.9 Å². The summed E-state index contributed by atoms with van der Waals surface area (Å²) < 4.78 is 10.9. The Hall–Kier alpha value is -3.07. The first-order valence-electron chi connectivity index (χ1n) is 12.3. The summed E-state index contributed by atoms with van der Waals surface area (Å²) in [5.41, 5.74) is 9.46. The lowest BCUT2D eigenvalue weighted by Crippen LogP contribution is -2.58. The highest BCUT2D eigenvalue weighted by Crippen LogP contribution is 2.14. The molecular weight excluding hydrogens is 520 g/mol. The Morgan fingerprint density at radius 1 is 0.947 bits per heavy atom. The number of unbranched alkanes of at least 4 members (excludes halogenated alkanes) is 1. The molecule has 0 radical (unpaired) electrons. The maximum absolute atomic E-state index is 13.2. The first kappa shape index (κ1) is 34.9. The van der Waals surface area contributed by atoms with Crippen molar-refractivity contribution >= 4 is 47.7 Å². The molecule has 0 aliphatic heterocycles. The second-order valence-electron chi connectivity index (χ2n) is 9.58. The number of nitrogens with one attached hydrogen (secondary N) is 4. The van der Waals surface area contributed by atoms with E-state index in [9.17, 15) is 28.8 Å². The molecule has 0 aromatic heterocycles. The van der Waals surface area contributed by atoms with Crippen molar-refractivity contribution in [1.82, 2.24) is 21.3 Å². The third kappa shape index (κ3) is 15.9. The van der Waals surface area contributed by atoms with Gasteiger partial charge in [0.2, 0.25) is 29.5 Å². The number of carbonyl (C=O) groups excluding carboxylic acids is 6. The van der Waals surface area contributed by atoms with Crippen molar-refractivity contribution in [1.29, 1.82) is 0 Å². The number of rotatable bonds is 17. The van der Waals surface area contributed by atoms with E-state index in [2.05, 4.69) is 21.3 Å². The Morgan fingerprint density at radius 3 is 2.11 bits per heavy atom. The van der Waals surface area contributed by atoms with Gasteiger partial charge in [-0.1, -0.05) is 13.3 Å². The molecule has 38 heavy (non-hydrogen) atoms. The Balaban J connectivity index is 5.54. The van der Waals surface area contributed by atoms with Crippen LogP contribution in [0.25, 0.3) is 0 Å². The predicted molar refractivity (Wildman–Crippen MR) is 141 cm³/mol. The van der Waals surface area contributed by atoms with Crippen molar-refractivity contribution < 1.29 is 37.7 Å². The van der Waals surface area contributed by atoms with Crippen LogP contribution < -0.4 is 32.7 Å². The lowest BCUT2D eigenvalue weighted by molar-refractivity contribution is -0.132. The molecule has 0 rings (SSSR count). The molecule has 0 aliphatic carbocycles. The number of carbonyl (C=O) groups is 6. The monoisotopic (exact) mass is 562 g/mol. The Bertz CT molecular complexity index is 835. The summed E-state index contributed by atoms with van der Waals surface area (Å²) >= 11 is 1.14.